The van der Waals surface area contributed by atoms with Crippen LogP contribution in [0.5, 0.6) is 0 Å². The molecule has 1 saturated heterocycles. The van der Waals surface area contributed by atoms with Gasteiger partial charge in [0, 0.05) is 37.8 Å². The number of benzene rings is 1. The summed E-state index contributed by atoms with van der Waals surface area (Å²) >= 11 is 0. The zero-order chi connectivity index (χ0) is 19.3. The first-order chi connectivity index (χ1) is 12.2. The van der Waals surface area contributed by atoms with Crippen LogP contribution in [0.2, 0.25) is 0 Å². The van der Waals surface area contributed by atoms with Gasteiger partial charge in [-0.1, -0.05) is 13.3 Å². The predicted molar refractivity (Wildman–Crippen MR) is 97.3 cm³/mol. The molecule has 7 heteroatoms. The van der Waals surface area contributed by atoms with Crippen LogP contribution >= 0.6 is 0 Å². The maximum absolute atomic E-state index is 11.9. The first-order valence-corrected chi connectivity index (χ1v) is 8.55. The minimum absolute atomic E-state index is 0.0203. The number of hydrogen-bond donors (Lipinski definition) is 2. The zero-order valence-corrected chi connectivity index (χ0v) is 15.5. The monoisotopic (exact) mass is 360 g/mol. The number of aryl methyl sites for hydroxylation is 1. The lowest BCUT2D eigenvalue weighted by Crippen LogP contribution is -2.42. The Hall–Kier alpha value is -2.83. The molecule has 0 spiro atoms. The molecule has 140 valence electrons. The van der Waals surface area contributed by atoms with E-state index in [1.54, 1.807) is 18.2 Å². The number of unbranched alkanes of at least 4 members (excludes halogenated alkanes) is 1. The van der Waals surface area contributed by atoms with Crippen molar-refractivity contribution in [1.82, 2.24) is 0 Å². The molecule has 1 heterocycles. The average molecular weight is 360 g/mol. The van der Waals surface area contributed by atoms with Crippen molar-refractivity contribution in [3.8, 4) is 0 Å². The number of carbonyl (C=O) groups excluding carboxylic acids is 3. The van der Waals surface area contributed by atoms with Crippen molar-refractivity contribution in [2.24, 2.45) is 0 Å². The summed E-state index contributed by atoms with van der Waals surface area (Å²) in [5, 5.41) is 5.75. The van der Waals surface area contributed by atoms with Gasteiger partial charge in [-0.25, -0.2) is 9.59 Å². The third-order valence-electron chi connectivity index (χ3n) is 3.76. The molecule has 7 nitrogen and oxygen atoms in total. The van der Waals surface area contributed by atoms with Crippen LogP contribution in [-0.2, 0) is 23.9 Å². The van der Waals surface area contributed by atoms with E-state index in [9.17, 15) is 14.4 Å². The SMILES string of the molecule is CCCCC(=O)Nc1ccc(NC=C2C(=O)OC(C)(C)OC2=O)cc1C. The standard InChI is InChI=1S/C19H24N2O5/c1-5-6-7-16(22)21-15-9-8-13(10-12(15)2)20-11-14-17(23)25-19(3,4)26-18(14)24/h8-11,20H,5-7H2,1-4H3,(H,21,22). The highest BCUT2D eigenvalue weighted by molar-refractivity contribution is 6.15. The number of cyclic esters (lactones) is 2. The van der Waals surface area contributed by atoms with Gasteiger partial charge in [-0.15, -0.1) is 0 Å². The predicted octanol–water partition coefficient (Wildman–Crippen LogP) is 3.26. The molecule has 1 aromatic carbocycles. The van der Waals surface area contributed by atoms with E-state index >= 15 is 0 Å². The van der Waals surface area contributed by atoms with Gasteiger partial charge in [-0.3, -0.25) is 4.79 Å². The lowest BCUT2D eigenvalue weighted by atomic mass is 10.1. The minimum Gasteiger partial charge on any atom is -0.419 e. The minimum atomic E-state index is -1.26. The van der Waals surface area contributed by atoms with E-state index in [4.69, 9.17) is 9.47 Å². The van der Waals surface area contributed by atoms with Gasteiger partial charge < -0.3 is 20.1 Å². The van der Waals surface area contributed by atoms with Crippen molar-refractivity contribution < 1.29 is 23.9 Å². The number of rotatable bonds is 6. The molecular weight excluding hydrogens is 336 g/mol. The van der Waals surface area contributed by atoms with Crippen molar-refractivity contribution in [3.63, 3.8) is 0 Å². The molecule has 2 N–H and O–H groups in total. The zero-order valence-electron chi connectivity index (χ0n) is 15.5. The number of hydrogen-bond acceptors (Lipinski definition) is 6. The molecule has 1 aromatic rings. The lowest BCUT2D eigenvalue weighted by Gasteiger charge is -2.29. The van der Waals surface area contributed by atoms with Gasteiger partial charge in [0.15, 0.2) is 5.57 Å². The lowest BCUT2D eigenvalue weighted by molar-refractivity contribution is -0.222. The molecule has 1 fully saturated rings. The van der Waals surface area contributed by atoms with Crippen LogP contribution in [0, 0.1) is 6.92 Å². The van der Waals surface area contributed by atoms with Crippen LogP contribution < -0.4 is 10.6 Å². The van der Waals surface area contributed by atoms with Gasteiger partial charge in [-0.2, -0.15) is 0 Å². The number of amides is 1. The van der Waals surface area contributed by atoms with Gasteiger partial charge in [-0.05, 0) is 37.1 Å². The topological polar surface area (TPSA) is 93.7 Å². The summed E-state index contributed by atoms with van der Waals surface area (Å²) in [5.74, 6) is -2.77. The molecule has 2 rings (SSSR count). The summed E-state index contributed by atoms with van der Waals surface area (Å²) in [6.45, 7) is 6.87. The summed E-state index contributed by atoms with van der Waals surface area (Å²) in [7, 11) is 0. The maximum Gasteiger partial charge on any atom is 0.350 e. The first-order valence-electron chi connectivity index (χ1n) is 8.55. The molecule has 1 aliphatic heterocycles. The van der Waals surface area contributed by atoms with Gasteiger partial charge in [0.2, 0.25) is 5.91 Å². The fourth-order valence-electron chi connectivity index (χ4n) is 2.38. The van der Waals surface area contributed by atoms with Crippen molar-refractivity contribution in [2.45, 2.75) is 52.7 Å². The molecule has 0 bridgehead atoms. The Morgan fingerprint density at radius 1 is 1.19 bits per heavy atom. The molecule has 0 radical (unpaired) electrons. The van der Waals surface area contributed by atoms with E-state index in [0.717, 1.165) is 24.1 Å². The van der Waals surface area contributed by atoms with Crippen LogP contribution in [0.3, 0.4) is 0 Å². The van der Waals surface area contributed by atoms with Crippen molar-refractivity contribution >= 4 is 29.2 Å². The van der Waals surface area contributed by atoms with Gasteiger partial charge in [0.25, 0.3) is 5.79 Å². The van der Waals surface area contributed by atoms with Crippen LogP contribution in [0.1, 0.15) is 45.6 Å². The summed E-state index contributed by atoms with van der Waals surface area (Å²) in [6, 6.07) is 5.31. The molecule has 1 amide bonds. The van der Waals surface area contributed by atoms with Crippen molar-refractivity contribution in [3.05, 3.63) is 35.5 Å². The normalized spacial score (nSPS) is 15.8. The largest absolute Gasteiger partial charge is 0.419 e. The Bertz CT molecular complexity index is 730. The fourth-order valence-corrected chi connectivity index (χ4v) is 2.38. The summed E-state index contributed by atoms with van der Waals surface area (Å²) in [6.07, 6.45) is 3.56. The van der Waals surface area contributed by atoms with E-state index in [2.05, 4.69) is 10.6 Å². The maximum atomic E-state index is 11.9. The number of anilines is 2. The van der Waals surface area contributed by atoms with Crippen molar-refractivity contribution in [2.75, 3.05) is 10.6 Å². The number of esters is 2. The smallest absolute Gasteiger partial charge is 0.350 e. The third kappa shape index (κ3) is 5.08. The van der Waals surface area contributed by atoms with Crippen molar-refractivity contribution in [1.29, 1.82) is 0 Å². The second kappa shape index (κ2) is 8.03. The van der Waals surface area contributed by atoms with E-state index in [0.29, 0.717) is 12.1 Å². The molecule has 0 unspecified atom stereocenters. The summed E-state index contributed by atoms with van der Waals surface area (Å²) in [5.41, 5.74) is 2.03. The quantitative estimate of drug-likeness (QED) is 0.459. The highest BCUT2D eigenvalue weighted by Gasteiger charge is 2.38. The Morgan fingerprint density at radius 3 is 2.42 bits per heavy atom. The van der Waals surface area contributed by atoms with Crippen LogP contribution in [0.15, 0.2) is 30.0 Å². The van der Waals surface area contributed by atoms with E-state index in [1.165, 1.54) is 20.0 Å². The summed E-state index contributed by atoms with van der Waals surface area (Å²) in [4.78, 5) is 35.6. The second-order valence-electron chi connectivity index (χ2n) is 6.56. The fraction of sp³-hybridized carbons (Fsp3) is 0.421. The Morgan fingerprint density at radius 2 is 1.85 bits per heavy atom. The molecule has 26 heavy (non-hydrogen) atoms. The number of carbonyl (C=O) groups is 3. The van der Waals surface area contributed by atoms with E-state index in [1.807, 2.05) is 13.8 Å². The molecule has 0 saturated carbocycles. The van der Waals surface area contributed by atoms with Crippen LogP contribution in [-0.4, -0.2) is 23.6 Å². The Labute approximate surface area is 152 Å². The Kier molecular flexibility index (Phi) is 6.02. The van der Waals surface area contributed by atoms with E-state index < -0.39 is 17.7 Å². The highest BCUT2D eigenvalue weighted by atomic mass is 16.7. The van der Waals surface area contributed by atoms with Gasteiger partial charge in [0.05, 0.1) is 0 Å². The van der Waals surface area contributed by atoms with E-state index in [-0.39, 0.29) is 11.5 Å². The number of ether oxygens (including phenoxy) is 2. The van der Waals surface area contributed by atoms with Crippen LogP contribution in [0.4, 0.5) is 11.4 Å². The second-order valence-corrected chi connectivity index (χ2v) is 6.56. The first kappa shape index (κ1) is 19.5. The summed E-state index contributed by atoms with van der Waals surface area (Å²) < 4.78 is 10.1. The third-order valence-corrected chi connectivity index (χ3v) is 3.76. The van der Waals surface area contributed by atoms with Gasteiger partial charge >= 0.3 is 11.9 Å². The van der Waals surface area contributed by atoms with Crippen LogP contribution in [0.25, 0.3) is 0 Å². The molecule has 0 atom stereocenters. The average Bonchev–Trinajstić information content (AvgIpc) is 2.53. The molecule has 0 aromatic heterocycles. The highest BCUT2D eigenvalue weighted by Crippen LogP contribution is 2.24. The van der Waals surface area contributed by atoms with Gasteiger partial charge in [0.1, 0.15) is 0 Å². The molecular formula is C19H24N2O5. The molecule has 1 aliphatic rings. The number of nitrogens with one attached hydrogen (secondary N) is 2. The molecule has 0 aliphatic carbocycles. The Balaban J connectivity index is 2.04.